The third-order valence-electron chi connectivity index (χ3n) is 5.07. The molecule has 0 spiro atoms. The molecular weight excluding hydrogens is 380 g/mol. The molecule has 0 N–H and O–H groups in total. The van der Waals surface area contributed by atoms with Gasteiger partial charge < -0.3 is 0 Å². The first-order valence-electron chi connectivity index (χ1n) is 8.98. The van der Waals surface area contributed by atoms with E-state index in [1.807, 2.05) is 30.3 Å². The summed E-state index contributed by atoms with van der Waals surface area (Å²) < 4.78 is 23.1. The van der Waals surface area contributed by atoms with Crippen molar-refractivity contribution in [1.29, 1.82) is 0 Å². The van der Waals surface area contributed by atoms with Gasteiger partial charge in [0.25, 0.3) is 0 Å². The molecule has 1 aliphatic rings. The molecule has 2 aromatic carbocycles. The molecule has 0 saturated carbocycles. The highest BCUT2D eigenvalue weighted by molar-refractivity contribution is 7.90. The van der Waals surface area contributed by atoms with E-state index in [2.05, 4.69) is 11.0 Å². The Morgan fingerprint density at radius 2 is 1.89 bits per heavy atom. The third kappa shape index (κ3) is 4.15. The number of nitrogens with zero attached hydrogens (tertiary/aromatic N) is 2. The summed E-state index contributed by atoms with van der Waals surface area (Å²) in [6, 6.07) is 15.2. The minimum absolute atomic E-state index is 0.370. The van der Waals surface area contributed by atoms with Crippen LogP contribution in [0, 0.1) is 0 Å². The van der Waals surface area contributed by atoms with Crippen molar-refractivity contribution in [1.82, 2.24) is 9.88 Å². The Hall–Kier alpha value is -1.95. The maximum atomic E-state index is 11.6. The van der Waals surface area contributed by atoms with Crippen LogP contribution in [0.4, 0.5) is 0 Å². The molecule has 6 heteroatoms. The molecule has 0 aliphatic carbocycles. The predicted molar refractivity (Wildman–Crippen MR) is 109 cm³/mol. The van der Waals surface area contributed by atoms with Crippen molar-refractivity contribution in [3.05, 3.63) is 70.4 Å². The summed E-state index contributed by atoms with van der Waals surface area (Å²) in [5, 5.41) is 1.81. The van der Waals surface area contributed by atoms with Crippen LogP contribution in [-0.4, -0.2) is 37.6 Å². The summed E-state index contributed by atoms with van der Waals surface area (Å²) in [4.78, 5) is 7.59. The van der Waals surface area contributed by atoms with Gasteiger partial charge in [0.2, 0.25) is 0 Å². The molecule has 1 aromatic heterocycles. The van der Waals surface area contributed by atoms with Crippen molar-refractivity contribution >= 4 is 32.3 Å². The molecular formula is C21H21ClN2O2S. The highest BCUT2D eigenvalue weighted by atomic mass is 35.5. The van der Waals surface area contributed by atoms with Crippen LogP contribution in [0.2, 0.25) is 5.02 Å². The second-order valence-corrected chi connectivity index (χ2v) is 9.58. The van der Waals surface area contributed by atoms with E-state index in [4.69, 9.17) is 16.6 Å². The lowest BCUT2D eigenvalue weighted by atomic mass is 10.0. The second-order valence-electron chi connectivity index (χ2n) is 7.12. The van der Waals surface area contributed by atoms with Crippen LogP contribution in [0.15, 0.2) is 53.4 Å². The summed E-state index contributed by atoms with van der Waals surface area (Å²) in [5.41, 5.74) is 4.59. The number of hydrogen-bond acceptors (Lipinski definition) is 4. The SMILES string of the molecule is CS(=O)(=O)c1ccc(CCN2CCc3nc4ccc(Cl)cc4cc3C2)cc1. The van der Waals surface area contributed by atoms with Gasteiger partial charge in [-0.05, 0) is 53.9 Å². The van der Waals surface area contributed by atoms with Crippen LogP contribution in [0.5, 0.6) is 0 Å². The molecule has 0 unspecified atom stereocenters. The Kier molecular flexibility index (Phi) is 4.93. The average molecular weight is 401 g/mol. The maximum absolute atomic E-state index is 11.6. The fourth-order valence-corrected chi connectivity index (χ4v) is 4.36. The topological polar surface area (TPSA) is 50.3 Å². The standard InChI is InChI=1S/C21H21ClN2O2S/c1-27(25,26)19-5-2-15(3-6-19)8-10-24-11-9-21-17(14-24)12-16-13-18(22)4-7-20(16)23-21/h2-7,12-13H,8-11,14H2,1H3. The number of pyridine rings is 1. The van der Waals surface area contributed by atoms with Gasteiger partial charge in [0.1, 0.15) is 0 Å². The number of benzene rings is 2. The van der Waals surface area contributed by atoms with Gasteiger partial charge in [-0.3, -0.25) is 9.88 Å². The van der Waals surface area contributed by atoms with Gasteiger partial charge in [0, 0.05) is 48.4 Å². The zero-order chi connectivity index (χ0) is 19.0. The van der Waals surface area contributed by atoms with Gasteiger partial charge in [-0.25, -0.2) is 8.42 Å². The first kappa shape index (κ1) is 18.4. The van der Waals surface area contributed by atoms with Gasteiger partial charge in [0.05, 0.1) is 10.4 Å². The van der Waals surface area contributed by atoms with Crippen LogP contribution < -0.4 is 0 Å². The monoisotopic (exact) mass is 400 g/mol. The summed E-state index contributed by atoms with van der Waals surface area (Å²) in [6.07, 6.45) is 3.07. The molecule has 0 atom stereocenters. The van der Waals surface area contributed by atoms with Crippen molar-refractivity contribution < 1.29 is 8.42 Å². The van der Waals surface area contributed by atoms with E-state index in [0.29, 0.717) is 4.90 Å². The lowest BCUT2D eigenvalue weighted by Gasteiger charge is -2.28. The molecule has 0 bridgehead atoms. The zero-order valence-electron chi connectivity index (χ0n) is 15.2. The predicted octanol–water partition coefficient (Wildman–Crippen LogP) is 3.89. The molecule has 140 valence electrons. The number of fused-ring (bicyclic) bond motifs is 2. The van der Waals surface area contributed by atoms with E-state index in [-0.39, 0.29) is 0 Å². The van der Waals surface area contributed by atoms with Gasteiger partial charge in [-0.2, -0.15) is 0 Å². The van der Waals surface area contributed by atoms with E-state index < -0.39 is 9.84 Å². The van der Waals surface area contributed by atoms with Crippen LogP contribution >= 0.6 is 11.6 Å². The Morgan fingerprint density at radius 3 is 2.63 bits per heavy atom. The number of halogens is 1. The molecule has 4 rings (SSSR count). The summed E-state index contributed by atoms with van der Waals surface area (Å²) in [7, 11) is -3.14. The summed E-state index contributed by atoms with van der Waals surface area (Å²) in [5.74, 6) is 0. The molecule has 2 heterocycles. The smallest absolute Gasteiger partial charge is 0.175 e. The highest BCUT2D eigenvalue weighted by Gasteiger charge is 2.18. The number of sulfone groups is 1. The third-order valence-corrected chi connectivity index (χ3v) is 6.44. The molecule has 3 aromatic rings. The molecule has 27 heavy (non-hydrogen) atoms. The van der Waals surface area contributed by atoms with Crippen molar-refractivity contribution in [2.75, 3.05) is 19.3 Å². The van der Waals surface area contributed by atoms with Crippen LogP contribution in [0.25, 0.3) is 10.9 Å². The van der Waals surface area contributed by atoms with Crippen molar-refractivity contribution in [2.45, 2.75) is 24.3 Å². The van der Waals surface area contributed by atoms with E-state index in [9.17, 15) is 8.42 Å². The van der Waals surface area contributed by atoms with E-state index in [0.717, 1.165) is 54.0 Å². The largest absolute Gasteiger partial charge is 0.298 e. The van der Waals surface area contributed by atoms with Gasteiger partial charge in [-0.1, -0.05) is 23.7 Å². The minimum atomic E-state index is -3.14. The molecule has 0 fully saturated rings. The summed E-state index contributed by atoms with van der Waals surface area (Å²) >= 11 is 6.11. The zero-order valence-corrected chi connectivity index (χ0v) is 16.7. The van der Waals surface area contributed by atoms with E-state index in [1.54, 1.807) is 12.1 Å². The molecule has 0 amide bonds. The first-order valence-corrected chi connectivity index (χ1v) is 11.2. The van der Waals surface area contributed by atoms with Crippen LogP contribution in [0.3, 0.4) is 0 Å². The van der Waals surface area contributed by atoms with E-state index >= 15 is 0 Å². The summed E-state index contributed by atoms with van der Waals surface area (Å²) in [6.45, 7) is 2.80. The van der Waals surface area contributed by atoms with Gasteiger partial charge in [-0.15, -0.1) is 0 Å². The number of rotatable bonds is 4. The number of aromatic nitrogens is 1. The Labute approximate surface area is 164 Å². The maximum Gasteiger partial charge on any atom is 0.175 e. The lowest BCUT2D eigenvalue weighted by Crippen LogP contribution is -2.32. The minimum Gasteiger partial charge on any atom is -0.298 e. The molecule has 0 radical (unpaired) electrons. The Morgan fingerprint density at radius 1 is 1.11 bits per heavy atom. The van der Waals surface area contributed by atoms with E-state index in [1.165, 1.54) is 17.5 Å². The van der Waals surface area contributed by atoms with Crippen molar-refractivity contribution in [3.63, 3.8) is 0 Å². The van der Waals surface area contributed by atoms with Crippen LogP contribution in [-0.2, 0) is 29.2 Å². The molecule has 4 nitrogen and oxygen atoms in total. The fourth-order valence-electron chi connectivity index (χ4n) is 3.55. The van der Waals surface area contributed by atoms with Crippen molar-refractivity contribution in [2.24, 2.45) is 0 Å². The normalized spacial score (nSPS) is 15.0. The van der Waals surface area contributed by atoms with Crippen LogP contribution in [0.1, 0.15) is 16.8 Å². The Bertz CT molecular complexity index is 1100. The van der Waals surface area contributed by atoms with Crippen molar-refractivity contribution in [3.8, 4) is 0 Å². The Balaban J connectivity index is 1.45. The fraction of sp³-hybridized carbons (Fsp3) is 0.286. The molecule has 1 aliphatic heterocycles. The number of hydrogen-bond donors (Lipinski definition) is 0. The van der Waals surface area contributed by atoms with Gasteiger partial charge in [0.15, 0.2) is 9.84 Å². The first-order chi connectivity index (χ1) is 12.9. The quantitative estimate of drug-likeness (QED) is 0.666. The highest BCUT2D eigenvalue weighted by Crippen LogP contribution is 2.25. The molecule has 0 saturated heterocycles. The lowest BCUT2D eigenvalue weighted by molar-refractivity contribution is 0.255. The van der Waals surface area contributed by atoms with Gasteiger partial charge >= 0.3 is 0 Å². The second kappa shape index (κ2) is 7.23. The average Bonchev–Trinajstić information content (AvgIpc) is 2.64.